The summed E-state index contributed by atoms with van der Waals surface area (Å²) in [6.07, 6.45) is 0. The van der Waals surface area contributed by atoms with Gasteiger partial charge in [-0.05, 0) is 48.7 Å². The number of para-hydroxylation sites is 1. The van der Waals surface area contributed by atoms with Crippen molar-refractivity contribution in [3.05, 3.63) is 59.7 Å². The Balaban J connectivity index is 2.01. The van der Waals surface area contributed by atoms with E-state index in [4.69, 9.17) is 9.47 Å². The molecule has 0 aromatic heterocycles. The van der Waals surface area contributed by atoms with E-state index < -0.39 is 0 Å². The highest BCUT2D eigenvalue weighted by Gasteiger charge is 2.10. The lowest BCUT2D eigenvalue weighted by molar-refractivity contribution is 0.0733. The van der Waals surface area contributed by atoms with Crippen LogP contribution in [0.5, 0.6) is 11.5 Å². The monoisotopic (exact) mass is 284 g/mol. The first kappa shape index (κ1) is 15.1. The Labute approximate surface area is 125 Å². The highest BCUT2D eigenvalue weighted by atomic mass is 16.5. The third-order valence-corrected chi connectivity index (χ3v) is 2.97. The number of benzene rings is 2. The van der Waals surface area contributed by atoms with Crippen LogP contribution in [-0.4, -0.2) is 12.6 Å². The van der Waals surface area contributed by atoms with E-state index >= 15 is 0 Å². The Kier molecular flexibility index (Phi) is 4.99. The van der Waals surface area contributed by atoms with Crippen molar-refractivity contribution < 1.29 is 14.3 Å². The van der Waals surface area contributed by atoms with Gasteiger partial charge in [0.1, 0.15) is 11.5 Å². The summed E-state index contributed by atoms with van der Waals surface area (Å²) in [6, 6.07) is 14.5. The maximum absolute atomic E-state index is 12.1. The smallest absolute Gasteiger partial charge is 0.343 e. The van der Waals surface area contributed by atoms with Gasteiger partial charge in [0, 0.05) is 0 Å². The van der Waals surface area contributed by atoms with Crippen molar-refractivity contribution in [1.82, 2.24) is 0 Å². The molecule has 0 atom stereocenters. The Hall–Kier alpha value is -2.29. The van der Waals surface area contributed by atoms with Crippen LogP contribution < -0.4 is 9.47 Å². The van der Waals surface area contributed by atoms with Gasteiger partial charge >= 0.3 is 5.97 Å². The summed E-state index contributed by atoms with van der Waals surface area (Å²) in [6.45, 7) is 6.75. The first-order valence-corrected chi connectivity index (χ1v) is 7.07. The molecule has 0 heterocycles. The number of hydrogen-bond acceptors (Lipinski definition) is 3. The van der Waals surface area contributed by atoms with E-state index in [1.165, 1.54) is 0 Å². The van der Waals surface area contributed by atoms with E-state index in [9.17, 15) is 4.79 Å². The number of esters is 1. The molecule has 0 aliphatic carbocycles. The fourth-order valence-corrected chi connectivity index (χ4v) is 1.78. The lowest BCUT2D eigenvalue weighted by Crippen LogP contribution is -2.09. The van der Waals surface area contributed by atoms with Crippen molar-refractivity contribution in [3.8, 4) is 11.5 Å². The second kappa shape index (κ2) is 6.93. The summed E-state index contributed by atoms with van der Waals surface area (Å²) in [5.41, 5.74) is 1.44. The first-order valence-electron chi connectivity index (χ1n) is 7.07. The first-order chi connectivity index (χ1) is 10.1. The molecule has 0 aliphatic heterocycles. The van der Waals surface area contributed by atoms with Crippen LogP contribution in [0.25, 0.3) is 0 Å². The van der Waals surface area contributed by atoms with Gasteiger partial charge in [0.15, 0.2) is 0 Å². The Bertz CT molecular complexity index is 600. The second-order valence-electron chi connectivity index (χ2n) is 5.38. The molecule has 0 saturated heterocycles. The number of carbonyl (C=O) groups is 1. The molecule has 110 valence electrons. The van der Waals surface area contributed by atoms with Crippen molar-refractivity contribution in [2.75, 3.05) is 6.61 Å². The quantitative estimate of drug-likeness (QED) is 0.608. The zero-order valence-corrected chi connectivity index (χ0v) is 12.6. The third-order valence-electron chi connectivity index (χ3n) is 2.97. The Morgan fingerprint density at radius 3 is 2.33 bits per heavy atom. The van der Waals surface area contributed by atoms with Crippen LogP contribution in [0.3, 0.4) is 0 Å². The molecular formula is C18H20O3. The zero-order valence-electron chi connectivity index (χ0n) is 12.6. The maximum atomic E-state index is 12.1. The molecule has 0 radical (unpaired) electrons. The van der Waals surface area contributed by atoms with Gasteiger partial charge in [-0.2, -0.15) is 0 Å². The summed E-state index contributed by atoms with van der Waals surface area (Å²) in [4.78, 5) is 12.1. The summed E-state index contributed by atoms with van der Waals surface area (Å²) < 4.78 is 11.0. The van der Waals surface area contributed by atoms with Crippen LogP contribution in [-0.2, 0) is 0 Å². The average Bonchev–Trinajstić information content (AvgIpc) is 2.48. The van der Waals surface area contributed by atoms with E-state index in [-0.39, 0.29) is 5.97 Å². The predicted molar refractivity (Wildman–Crippen MR) is 82.9 cm³/mol. The SMILES string of the molecule is Cc1ccccc1OC(=O)c1ccc(OCC(C)C)cc1. The molecule has 0 N–H and O–H groups in total. The van der Waals surface area contributed by atoms with Crippen molar-refractivity contribution in [3.63, 3.8) is 0 Å². The van der Waals surface area contributed by atoms with E-state index in [1.807, 2.05) is 25.1 Å². The van der Waals surface area contributed by atoms with Crippen LogP contribution in [0.4, 0.5) is 0 Å². The highest BCUT2D eigenvalue weighted by Crippen LogP contribution is 2.19. The molecule has 3 heteroatoms. The van der Waals surface area contributed by atoms with Crippen LogP contribution >= 0.6 is 0 Å². The van der Waals surface area contributed by atoms with Crippen molar-refractivity contribution >= 4 is 5.97 Å². The van der Waals surface area contributed by atoms with Crippen LogP contribution in [0, 0.1) is 12.8 Å². The van der Waals surface area contributed by atoms with Gasteiger partial charge in [-0.3, -0.25) is 0 Å². The average molecular weight is 284 g/mol. The summed E-state index contributed by atoms with van der Waals surface area (Å²) >= 11 is 0. The molecule has 3 nitrogen and oxygen atoms in total. The van der Waals surface area contributed by atoms with Gasteiger partial charge in [-0.1, -0.05) is 32.0 Å². The normalized spacial score (nSPS) is 10.5. The number of hydrogen-bond donors (Lipinski definition) is 0. The van der Waals surface area contributed by atoms with Gasteiger partial charge in [-0.25, -0.2) is 4.79 Å². The highest BCUT2D eigenvalue weighted by molar-refractivity contribution is 5.91. The van der Waals surface area contributed by atoms with E-state index in [2.05, 4.69) is 13.8 Å². The van der Waals surface area contributed by atoms with Crippen molar-refractivity contribution in [2.45, 2.75) is 20.8 Å². The summed E-state index contributed by atoms with van der Waals surface area (Å²) in [7, 11) is 0. The lowest BCUT2D eigenvalue weighted by Gasteiger charge is -2.10. The molecule has 0 amide bonds. The summed E-state index contributed by atoms with van der Waals surface area (Å²) in [5, 5.41) is 0. The molecule has 0 aliphatic rings. The van der Waals surface area contributed by atoms with Crippen LogP contribution in [0.1, 0.15) is 29.8 Å². The molecule has 2 rings (SSSR count). The second-order valence-corrected chi connectivity index (χ2v) is 5.38. The fraction of sp³-hybridized carbons (Fsp3) is 0.278. The van der Waals surface area contributed by atoms with E-state index in [0.717, 1.165) is 11.3 Å². The molecule has 2 aromatic rings. The minimum Gasteiger partial charge on any atom is -0.493 e. The minimum absolute atomic E-state index is 0.361. The Morgan fingerprint density at radius 1 is 1.05 bits per heavy atom. The maximum Gasteiger partial charge on any atom is 0.343 e. The van der Waals surface area contributed by atoms with Gasteiger partial charge in [0.05, 0.1) is 12.2 Å². The van der Waals surface area contributed by atoms with Gasteiger partial charge < -0.3 is 9.47 Å². The lowest BCUT2D eigenvalue weighted by atomic mass is 10.2. The summed E-state index contributed by atoms with van der Waals surface area (Å²) in [5.74, 6) is 1.45. The van der Waals surface area contributed by atoms with Crippen molar-refractivity contribution in [1.29, 1.82) is 0 Å². The van der Waals surface area contributed by atoms with E-state index in [0.29, 0.717) is 23.8 Å². The molecule has 0 bridgehead atoms. The van der Waals surface area contributed by atoms with Crippen molar-refractivity contribution in [2.24, 2.45) is 5.92 Å². The third kappa shape index (κ3) is 4.35. The number of aryl methyl sites for hydroxylation is 1. The molecule has 0 saturated carbocycles. The van der Waals surface area contributed by atoms with Crippen LogP contribution in [0.15, 0.2) is 48.5 Å². The molecule has 0 unspecified atom stereocenters. The fourth-order valence-electron chi connectivity index (χ4n) is 1.78. The largest absolute Gasteiger partial charge is 0.493 e. The topological polar surface area (TPSA) is 35.5 Å². The predicted octanol–water partition coefficient (Wildman–Crippen LogP) is 4.25. The van der Waals surface area contributed by atoms with E-state index in [1.54, 1.807) is 30.3 Å². The van der Waals surface area contributed by atoms with Gasteiger partial charge in [0.25, 0.3) is 0 Å². The standard InChI is InChI=1S/C18H20O3/c1-13(2)12-20-16-10-8-15(9-11-16)18(19)21-17-7-5-4-6-14(17)3/h4-11,13H,12H2,1-3H3. The number of rotatable bonds is 5. The molecule has 2 aromatic carbocycles. The molecule has 0 spiro atoms. The minimum atomic E-state index is -0.361. The molecule has 0 fully saturated rings. The number of carbonyl (C=O) groups excluding carboxylic acids is 1. The molecule has 21 heavy (non-hydrogen) atoms. The van der Waals surface area contributed by atoms with Crippen LogP contribution in [0.2, 0.25) is 0 Å². The molecular weight excluding hydrogens is 264 g/mol. The van der Waals surface area contributed by atoms with Gasteiger partial charge in [-0.15, -0.1) is 0 Å². The number of ether oxygens (including phenoxy) is 2. The van der Waals surface area contributed by atoms with Gasteiger partial charge in [0.2, 0.25) is 0 Å². The zero-order chi connectivity index (χ0) is 15.2. The Morgan fingerprint density at radius 2 is 1.71 bits per heavy atom.